The number of benzene rings is 2. The van der Waals surface area contributed by atoms with E-state index in [1.54, 1.807) is 22.8 Å². The van der Waals surface area contributed by atoms with Gasteiger partial charge in [0.05, 0.1) is 36.0 Å². The molecular weight excluding hydrogens is 476 g/mol. The van der Waals surface area contributed by atoms with Crippen LogP contribution in [0.5, 0.6) is 5.75 Å². The van der Waals surface area contributed by atoms with Gasteiger partial charge in [-0.05, 0) is 52.3 Å². The van der Waals surface area contributed by atoms with Gasteiger partial charge in [0.25, 0.3) is 0 Å². The smallest absolute Gasteiger partial charge is 0.339 e. The third-order valence-electron chi connectivity index (χ3n) is 5.03. The number of methoxy groups -OCH3 is 1. The lowest BCUT2D eigenvalue weighted by atomic mass is 9.99. The number of halogens is 1. The van der Waals surface area contributed by atoms with E-state index in [4.69, 9.17) is 4.74 Å². The Morgan fingerprint density at radius 3 is 2.44 bits per heavy atom. The summed E-state index contributed by atoms with van der Waals surface area (Å²) in [5.74, 6) is -1.93. The van der Waals surface area contributed by atoms with Crippen molar-refractivity contribution in [1.29, 1.82) is 0 Å². The first-order chi connectivity index (χ1) is 15.4. The zero-order valence-corrected chi connectivity index (χ0v) is 18.5. The maximum absolute atomic E-state index is 13.4. The second-order valence-corrected chi connectivity index (χ2v) is 7.80. The molecule has 0 atom stereocenters. The van der Waals surface area contributed by atoms with Gasteiger partial charge >= 0.3 is 5.97 Å². The summed E-state index contributed by atoms with van der Waals surface area (Å²) in [5.41, 5.74) is 0.718. The van der Waals surface area contributed by atoms with Crippen LogP contribution in [0.2, 0.25) is 0 Å². The number of carboxylic acid groups (broad SMARTS) is 1. The van der Waals surface area contributed by atoms with E-state index in [0.29, 0.717) is 22.1 Å². The number of rotatable bonds is 6. The van der Waals surface area contributed by atoms with Crippen LogP contribution in [0.25, 0.3) is 10.9 Å². The molecule has 7 nitrogen and oxygen atoms in total. The van der Waals surface area contributed by atoms with Gasteiger partial charge in [0.2, 0.25) is 11.2 Å². The third kappa shape index (κ3) is 3.92. The SMILES string of the molecule is COc1c(C(=O)O)cccc1C(=O)c1cn(Cc2cccc(Br)n2)c2ccccc2c1=O. The molecule has 4 aromatic rings. The highest BCUT2D eigenvalue weighted by Crippen LogP contribution is 2.26. The number of carbonyl (C=O) groups is 2. The van der Waals surface area contributed by atoms with Crippen molar-refractivity contribution in [2.75, 3.05) is 7.11 Å². The van der Waals surface area contributed by atoms with Crippen molar-refractivity contribution < 1.29 is 19.4 Å². The van der Waals surface area contributed by atoms with Gasteiger partial charge in [0, 0.05) is 11.6 Å². The molecule has 0 unspecified atom stereocenters. The minimum atomic E-state index is -1.23. The van der Waals surface area contributed by atoms with Gasteiger partial charge in [-0.3, -0.25) is 9.59 Å². The maximum atomic E-state index is 13.4. The number of aromatic nitrogens is 2. The van der Waals surface area contributed by atoms with E-state index in [0.717, 1.165) is 5.69 Å². The van der Waals surface area contributed by atoms with Crippen LogP contribution in [0.15, 0.2) is 76.3 Å². The Bertz CT molecular complexity index is 1430. The minimum absolute atomic E-state index is 0.00640. The zero-order chi connectivity index (χ0) is 22.8. The minimum Gasteiger partial charge on any atom is -0.495 e. The predicted molar refractivity (Wildman–Crippen MR) is 123 cm³/mol. The first-order valence-electron chi connectivity index (χ1n) is 9.59. The van der Waals surface area contributed by atoms with Crippen molar-refractivity contribution in [3.8, 4) is 5.75 Å². The van der Waals surface area contributed by atoms with Crippen LogP contribution in [0.3, 0.4) is 0 Å². The fourth-order valence-electron chi connectivity index (χ4n) is 3.60. The number of hydrogen-bond donors (Lipinski definition) is 1. The average molecular weight is 493 g/mol. The van der Waals surface area contributed by atoms with Crippen LogP contribution >= 0.6 is 15.9 Å². The lowest BCUT2D eigenvalue weighted by Gasteiger charge is -2.14. The van der Waals surface area contributed by atoms with E-state index in [2.05, 4.69) is 20.9 Å². The summed E-state index contributed by atoms with van der Waals surface area (Å²) in [6.45, 7) is 0.326. The molecule has 0 radical (unpaired) electrons. The van der Waals surface area contributed by atoms with Gasteiger partial charge in [-0.2, -0.15) is 0 Å². The van der Waals surface area contributed by atoms with E-state index < -0.39 is 17.2 Å². The molecule has 2 aromatic carbocycles. The number of ketones is 1. The highest BCUT2D eigenvalue weighted by atomic mass is 79.9. The number of hydrogen-bond acceptors (Lipinski definition) is 5. The molecule has 160 valence electrons. The van der Waals surface area contributed by atoms with Crippen LogP contribution in [-0.2, 0) is 6.54 Å². The molecule has 0 spiro atoms. The van der Waals surface area contributed by atoms with Gasteiger partial charge in [-0.25, -0.2) is 9.78 Å². The topological polar surface area (TPSA) is 98.5 Å². The summed E-state index contributed by atoms with van der Waals surface area (Å²) in [6.07, 6.45) is 1.49. The molecule has 32 heavy (non-hydrogen) atoms. The normalized spacial score (nSPS) is 10.8. The summed E-state index contributed by atoms with van der Waals surface area (Å²) >= 11 is 3.35. The number of pyridine rings is 2. The van der Waals surface area contributed by atoms with Gasteiger partial charge < -0.3 is 14.4 Å². The Morgan fingerprint density at radius 2 is 1.72 bits per heavy atom. The molecule has 0 saturated carbocycles. The fraction of sp³-hybridized carbons (Fsp3) is 0.0833. The van der Waals surface area contributed by atoms with Crippen LogP contribution in [0.1, 0.15) is 32.0 Å². The molecule has 4 rings (SSSR count). The Balaban J connectivity index is 1.91. The van der Waals surface area contributed by atoms with E-state index in [1.165, 1.54) is 31.5 Å². The second-order valence-electron chi connectivity index (χ2n) is 6.99. The van der Waals surface area contributed by atoms with E-state index >= 15 is 0 Å². The first-order valence-corrected chi connectivity index (χ1v) is 10.4. The molecule has 1 N–H and O–H groups in total. The molecule has 0 saturated heterocycles. The van der Waals surface area contributed by atoms with E-state index in [1.807, 2.05) is 24.3 Å². The van der Waals surface area contributed by atoms with Gasteiger partial charge in [0.15, 0.2) is 0 Å². The average Bonchev–Trinajstić information content (AvgIpc) is 2.80. The standard InChI is InChI=1S/C24H17BrN2O5/c1-32-23-16(8-5-9-17(23)24(30)31)22(29)18-13-27(12-14-6-4-11-20(25)26-14)19-10-3-2-7-15(19)21(18)28/h2-11,13H,12H2,1H3,(H,30,31). The number of fused-ring (bicyclic) bond motifs is 1. The number of ether oxygens (including phenoxy) is 1. The highest BCUT2D eigenvalue weighted by molar-refractivity contribution is 9.10. The predicted octanol–water partition coefficient (Wildman–Crippen LogP) is 4.15. The van der Waals surface area contributed by atoms with Crippen LogP contribution in [-0.4, -0.2) is 33.5 Å². The molecular formula is C24H17BrN2O5. The number of nitrogens with zero attached hydrogens (tertiary/aromatic N) is 2. The molecule has 0 aliphatic carbocycles. The van der Waals surface area contributed by atoms with E-state index in [-0.39, 0.29) is 22.4 Å². The Labute approximate surface area is 191 Å². The molecule has 2 heterocycles. The maximum Gasteiger partial charge on any atom is 0.339 e. The van der Waals surface area contributed by atoms with Crippen molar-refractivity contribution in [2.24, 2.45) is 0 Å². The van der Waals surface area contributed by atoms with Crippen molar-refractivity contribution in [3.63, 3.8) is 0 Å². The summed E-state index contributed by atoms with van der Waals surface area (Å²) in [6, 6.07) is 16.7. The summed E-state index contributed by atoms with van der Waals surface area (Å²) in [4.78, 5) is 42.6. The largest absolute Gasteiger partial charge is 0.495 e. The number of para-hydroxylation sites is 2. The Kier molecular flexibility index (Phi) is 5.87. The molecule has 0 aliphatic rings. The van der Waals surface area contributed by atoms with Gasteiger partial charge in [-0.1, -0.05) is 24.3 Å². The monoisotopic (exact) mass is 492 g/mol. The van der Waals surface area contributed by atoms with Crippen molar-refractivity contribution in [1.82, 2.24) is 9.55 Å². The van der Waals surface area contributed by atoms with Crippen molar-refractivity contribution >= 4 is 38.6 Å². The molecule has 0 fully saturated rings. The number of aromatic carboxylic acids is 1. The molecule has 0 amide bonds. The van der Waals surface area contributed by atoms with Crippen LogP contribution in [0.4, 0.5) is 0 Å². The molecule has 0 bridgehead atoms. The van der Waals surface area contributed by atoms with Crippen LogP contribution < -0.4 is 10.2 Å². The highest BCUT2D eigenvalue weighted by Gasteiger charge is 2.24. The molecule has 8 heteroatoms. The lowest BCUT2D eigenvalue weighted by molar-refractivity contribution is 0.0693. The molecule has 2 aromatic heterocycles. The summed E-state index contributed by atoms with van der Waals surface area (Å²) < 4.78 is 7.68. The quantitative estimate of drug-likeness (QED) is 0.320. The first kappa shape index (κ1) is 21.5. The molecule has 0 aliphatic heterocycles. The lowest BCUT2D eigenvalue weighted by Crippen LogP contribution is -2.21. The third-order valence-corrected chi connectivity index (χ3v) is 5.47. The fourth-order valence-corrected chi connectivity index (χ4v) is 3.98. The van der Waals surface area contributed by atoms with Crippen molar-refractivity contribution in [3.05, 3.63) is 104 Å². The number of carboxylic acids is 1. The summed E-state index contributed by atoms with van der Waals surface area (Å²) in [7, 11) is 1.29. The summed E-state index contributed by atoms with van der Waals surface area (Å²) in [5, 5.41) is 9.81. The zero-order valence-electron chi connectivity index (χ0n) is 16.9. The van der Waals surface area contributed by atoms with E-state index in [9.17, 15) is 19.5 Å². The Morgan fingerprint density at radius 1 is 1.00 bits per heavy atom. The van der Waals surface area contributed by atoms with Crippen molar-refractivity contribution in [2.45, 2.75) is 6.54 Å². The second kappa shape index (κ2) is 8.76. The number of carbonyl (C=O) groups excluding carboxylic acids is 1. The van der Waals surface area contributed by atoms with Gasteiger partial charge in [0.1, 0.15) is 15.9 Å². The van der Waals surface area contributed by atoms with Gasteiger partial charge in [-0.15, -0.1) is 0 Å². The van der Waals surface area contributed by atoms with Crippen LogP contribution in [0, 0.1) is 0 Å². The Hall–Kier alpha value is -3.78.